The smallest absolute Gasteiger partial charge is 0.238 e. The Kier molecular flexibility index (Phi) is 4.41. The number of amides is 1. The summed E-state index contributed by atoms with van der Waals surface area (Å²) in [4.78, 5) is 14.0. The molecule has 5 nitrogen and oxygen atoms in total. The Morgan fingerprint density at radius 1 is 1.48 bits per heavy atom. The summed E-state index contributed by atoms with van der Waals surface area (Å²) >= 11 is 0. The quantitative estimate of drug-likeness (QED) is 0.896. The molecule has 0 radical (unpaired) electrons. The number of ether oxygens (including phenoxy) is 2. The fraction of sp³-hybridized carbons (Fsp3) is 0.562. The topological polar surface area (TPSA) is 50.8 Å². The van der Waals surface area contributed by atoms with Crippen LogP contribution in [0.2, 0.25) is 0 Å². The summed E-state index contributed by atoms with van der Waals surface area (Å²) in [6.45, 7) is 1.99. The molecule has 1 amide bonds. The molecule has 0 saturated carbocycles. The van der Waals surface area contributed by atoms with E-state index >= 15 is 0 Å². The van der Waals surface area contributed by atoms with Crippen molar-refractivity contribution >= 4 is 5.91 Å². The fourth-order valence-electron chi connectivity index (χ4n) is 3.06. The summed E-state index contributed by atoms with van der Waals surface area (Å²) in [5.41, 5.74) is 1.06. The van der Waals surface area contributed by atoms with Gasteiger partial charge in [-0.15, -0.1) is 0 Å². The van der Waals surface area contributed by atoms with Crippen molar-refractivity contribution in [2.24, 2.45) is 0 Å². The van der Waals surface area contributed by atoms with Crippen molar-refractivity contribution in [2.75, 3.05) is 26.8 Å². The molecular weight excluding hydrogens is 268 g/mol. The number of hydrogen-bond acceptors (Lipinski definition) is 4. The monoisotopic (exact) mass is 290 g/mol. The van der Waals surface area contributed by atoms with E-state index in [1.54, 1.807) is 7.11 Å². The van der Waals surface area contributed by atoms with Crippen LogP contribution in [0, 0.1) is 0 Å². The van der Waals surface area contributed by atoms with Crippen molar-refractivity contribution in [3.05, 3.63) is 29.8 Å². The Bertz CT molecular complexity index is 500. The Morgan fingerprint density at radius 2 is 2.38 bits per heavy atom. The van der Waals surface area contributed by atoms with Gasteiger partial charge in [-0.1, -0.05) is 12.1 Å². The third-order valence-corrected chi connectivity index (χ3v) is 4.20. The highest BCUT2D eigenvalue weighted by molar-refractivity contribution is 5.81. The first kappa shape index (κ1) is 14.4. The van der Waals surface area contributed by atoms with Gasteiger partial charge in [-0.25, -0.2) is 0 Å². The summed E-state index contributed by atoms with van der Waals surface area (Å²) < 4.78 is 10.9. The number of carbonyl (C=O) groups excluding carboxylic acids is 1. The molecular formula is C16H22N2O3. The molecule has 1 aromatic carbocycles. The van der Waals surface area contributed by atoms with Crippen molar-refractivity contribution in [1.29, 1.82) is 0 Å². The number of carbonyl (C=O) groups is 1. The average Bonchev–Trinajstić information content (AvgIpc) is 3.15. The molecule has 2 aliphatic heterocycles. The van der Waals surface area contributed by atoms with Gasteiger partial charge in [0, 0.05) is 13.2 Å². The second kappa shape index (κ2) is 6.45. The SMILES string of the molecule is COc1cccc(C2NCC(=O)N2CCC2CCCO2)c1. The molecule has 1 N–H and O–H groups in total. The number of methoxy groups -OCH3 is 1. The van der Waals surface area contributed by atoms with Crippen molar-refractivity contribution in [3.63, 3.8) is 0 Å². The third kappa shape index (κ3) is 3.19. The van der Waals surface area contributed by atoms with E-state index in [4.69, 9.17) is 9.47 Å². The first-order valence-electron chi connectivity index (χ1n) is 7.56. The Hall–Kier alpha value is -1.59. The highest BCUT2D eigenvalue weighted by atomic mass is 16.5. The number of hydrogen-bond donors (Lipinski definition) is 1. The molecule has 3 rings (SSSR count). The molecule has 0 bridgehead atoms. The van der Waals surface area contributed by atoms with Gasteiger partial charge in [0.15, 0.2) is 0 Å². The zero-order chi connectivity index (χ0) is 14.7. The van der Waals surface area contributed by atoms with Crippen LogP contribution in [-0.2, 0) is 9.53 Å². The molecule has 1 aromatic rings. The van der Waals surface area contributed by atoms with E-state index in [2.05, 4.69) is 5.32 Å². The van der Waals surface area contributed by atoms with Gasteiger partial charge in [0.2, 0.25) is 5.91 Å². The normalized spacial score (nSPS) is 25.6. The van der Waals surface area contributed by atoms with Crippen LogP contribution in [0.15, 0.2) is 24.3 Å². The van der Waals surface area contributed by atoms with Gasteiger partial charge in [-0.3, -0.25) is 10.1 Å². The maximum absolute atomic E-state index is 12.1. The lowest BCUT2D eigenvalue weighted by atomic mass is 10.1. The molecule has 2 atom stereocenters. The van der Waals surface area contributed by atoms with Crippen LogP contribution in [0.3, 0.4) is 0 Å². The molecule has 2 fully saturated rings. The Balaban J connectivity index is 1.68. The lowest BCUT2D eigenvalue weighted by Crippen LogP contribution is -2.32. The molecule has 2 unspecified atom stereocenters. The maximum Gasteiger partial charge on any atom is 0.238 e. The van der Waals surface area contributed by atoms with Crippen LogP contribution in [0.5, 0.6) is 5.75 Å². The Morgan fingerprint density at radius 3 is 3.14 bits per heavy atom. The molecule has 0 aromatic heterocycles. The summed E-state index contributed by atoms with van der Waals surface area (Å²) in [7, 11) is 1.65. The summed E-state index contributed by atoms with van der Waals surface area (Å²) in [6.07, 6.45) is 3.40. The molecule has 2 aliphatic rings. The predicted molar refractivity (Wildman–Crippen MR) is 79.0 cm³/mol. The average molecular weight is 290 g/mol. The third-order valence-electron chi connectivity index (χ3n) is 4.20. The van der Waals surface area contributed by atoms with Crippen LogP contribution < -0.4 is 10.1 Å². The van der Waals surface area contributed by atoms with Crippen molar-refractivity contribution in [2.45, 2.75) is 31.5 Å². The second-order valence-corrected chi connectivity index (χ2v) is 5.57. The van der Waals surface area contributed by atoms with Gasteiger partial charge in [-0.2, -0.15) is 0 Å². The van der Waals surface area contributed by atoms with E-state index in [1.165, 1.54) is 0 Å². The zero-order valence-corrected chi connectivity index (χ0v) is 12.4. The molecule has 0 spiro atoms. The number of nitrogens with zero attached hydrogens (tertiary/aromatic N) is 1. The van der Waals surface area contributed by atoms with Crippen molar-refractivity contribution < 1.29 is 14.3 Å². The van der Waals surface area contributed by atoms with Crippen molar-refractivity contribution in [1.82, 2.24) is 10.2 Å². The standard InChI is InChI=1S/C16H22N2O3/c1-20-14-5-2-4-12(10-14)16-17-11-15(19)18(16)8-7-13-6-3-9-21-13/h2,4-5,10,13,16-17H,3,6-9,11H2,1H3. The Labute approximate surface area is 125 Å². The van der Waals surface area contributed by atoms with E-state index in [0.717, 1.165) is 43.7 Å². The lowest BCUT2D eigenvalue weighted by molar-refractivity contribution is -0.128. The molecule has 2 saturated heterocycles. The van der Waals surface area contributed by atoms with E-state index in [-0.39, 0.29) is 12.1 Å². The molecule has 2 heterocycles. The second-order valence-electron chi connectivity index (χ2n) is 5.57. The molecule has 0 aliphatic carbocycles. The first-order chi connectivity index (χ1) is 10.3. The van der Waals surface area contributed by atoms with Gasteiger partial charge in [-0.05, 0) is 37.0 Å². The first-order valence-corrected chi connectivity index (χ1v) is 7.56. The van der Waals surface area contributed by atoms with E-state index in [1.807, 2.05) is 29.2 Å². The highest BCUT2D eigenvalue weighted by Gasteiger charge is 2.32. The summed E-state index contributed by atoms with van der Waals surface area (Å²) in [6, 6.07) is 7.88. The van der Waals surface area contributed by atoms with Crippen molar-refractivity contribution in [3.8, 4) is 5.75 Å². The van der Waals surface area contributed by atoms with Crippen LogP contribution >= 0.6 is 0 Å². The largest absolute Gasteiger partial charge is 0.497 e. The van der Waals surface area contributed by atoms with E-state index in [0.29, 0.717) is 12.6 Å². The molecule has 21 heavy (non-hydrogen) atoms. The minimum atomic E-state index is -0.0611. The lowest BCUT2D eigenvalue weighted by Gasteiger charge is -2.26. The number of nitrogens with one attached hydrogen (secondary N) is 1. The van der Waals surface area contributed by atoms with Gasteiger partial charge in [0.1, 0.15) is 11.9 Å². The maximum atomic E-state index is 12.1. The summed E-state index contributed by atoms with van der Waals surface area (Å²) in [5, 5.41) is 3.28. The molecule has 114 valence electrons. The van der Waals surface area contributed by atoms with E-state index < -0.39 is 0 Å². The van der Waals surface area contributed by atoms with Crippen LogP contribution in [-0.4, -0.2) is 43.7 Å². The zero-order valence-electron chi connectivity index (χ0n) is 12.4. The summed E-state index contributed by atoms with van der Waals surface area (Å²) in [5.74, 6) is 0.966. The minimum absolute atomic E-state index is 0.0611. The number of rotatable bonds is 5. The number of benzene rings is 1. The van der Waals surface area contributed by atoms with Gasteiger partial charge in [0.05, 0.1) is 19.8 Å². The minimum Gasteiger partial charge on any atom is -0.497 e. The van der Waals surface area contributed by atoms with Crippen LogP contribution in [0.1, 0.15) is 31.0 Å². The van der Waals surface area contributed by atoms with E-state index in [9.17, 15) is 4.79 Å². The van der Waals surface area contributed by atoms with Gasteiger partial charge in [0.25, 0.3) is 0 Å². The van der Waals surface area contributed by atoms with Gasteiger partial charge < -0.3 is 14.4 Å². The van der Waals surface area contributed by atoms with Crippen LogP contribution in [0.4, 0.5) is 0 Å². The molecule has 5 heteroatoms. The highest BCUT2D eigenvalue weighted by Crippen LogP contribution is 2.26. The predicted octanol–water partition coefficient (Wildman–Crippen LogP) is 1.69. The van der Waals surface area contributed by atoms with Crippen LogP contribution in [0.25, 0.3) is 0 Å². The fourth-order valence-corrected chi connectivity index (χ4v) is 3.06. The van der Waals surface area contributed by atoms with Gasteiger partial charge >= 0.3 is 0 Å².